The molecule has 0 saturated carbocycles. The lowest BCUT2D eigenvalue weighted by atomic mass is 10.1. The zero-order valence-corrected chi connectivity index (χ0v) is 20.5. The first kappa shape index (κ1) is 23.2. The second kappa shape index (κ2) is 9.89. The monoisotopic (exact) mass is 478 g/mol. The van der Waals surface area contributed by atoms with Gasteiger partial charge in [-0.25, -0.2) is 4.98 Å². The smallest absolute Gasteiger partial charge is 0.267 e. The molecule has 1 aromatic carbocycles. The zero-order chi connectivity index (χ0) is 23.5. The number of thiocarbonyl (C=S) groups is 1. The summed E-state index contributed by atoms with van der Waals surface area (Å²) in [6.07, 6.45) is 4.04. The van der Waals surface area contributed by atoms with Crippen LogP contribution in [0.2, 0.25) is 0 Å². The van der Waals surface area contributed by atoms with Gasteiger partial charge >= 0.3 is 0 Å². The average Bonchev–Trinajstić information content (AvgIpc) is 3.06. The molecule has 0 aliphatic carbocycles. The van der Waals surface area contributed by atoms with Crippen LogP contribution >= 0.6 is 24.0 Å². The summed E-state index contributed by atoms with van der Waals surface area (Å²) < 4.78 is 2.03. The molecule has 3 heterocycles. The van der Waals surface area contributed by atoms with E-state index in [9.17, 15) is 9.59 Å². The second-order valence-electron chi connectivity index (χ2n) is 8.41. The number of carbonyl (C=O) groups excluding carboxylic acids is 1. The lowest BCUT2D eigenvalue weighted by molar-refractivity contribution is -0.122. The molecule has 4 rings (SSSR count). The van der Waals surface area contributed by atoms with Gasteiger partial charge in [-0.1, -0.05) is 74.2 Å². The average molecular weight is 479 g/mol. The van der Waals surface area contributed by atoms with Crippen LogP contribution in [0.25, 0.3) is 11.7 Å². The van der Waals surface area contributed by atoms with Gasteiger partial charge in [0.25, 0.3) is 11.5 Å². The SMILES string of the molecule is Cc1cccn2c(=O)c(/C=C3\SC(=S)N(CCc4ccccc4)C3=O)c(NCC(C)C)nc12. The summed E-state index contributed by atoms with van der Waals surface area (Å²) in [7, 11) is 0. The first-order chi connectivity index (χ1) is 15.8. The topological polar surface area (TPSA) is 66.7 Å². The normalized spacial score (nSPS) is 15.3. The summed E-state index contributed by atoms with van der Waals surface area (Å²) in [5.74, 6) is 0.674. The minimum Gasteiger partial charge on any atom is -0.369 e. The molecule has 1 saturated heterocycles. The lowest BCUT2D eigenvalue weighted by Crippen LogP contribution is -2.30. The van der Waals surface area contributed by atoms with Crippen LogP contribution in [0.15, 0.2) is 58.4 Å². The molecule has 0 radical (unpaired) electrons. The van der Waals surface area contributed by atoms with Crippen molar-refractivity contribution in [2.45, 2.75) is 27.2 Å². The number of anilines is 1. The number of thioether (sulfide) groups is 1. The number of nitrogens with zero attached hydrogens (tertiary/aromatic N) is 3. The molecule has 3 aromatic rings. The van der Waals surface area contributed by atoms with Crippen LogP contribution < -0.4 is 10.9 Å². The highest BCUT2D eigenvalue weighted by Crippen LogP contribution is 2.33. The third-order valence-corrected chi connectivity index (χ3v) is 6.76. The summed E-state index contributed by atoms with van der Waals surface area (Å²) in [6, 6.07) is 13.7. The van der Waals surface area contributed by atoms with Crippen molar-refractivity contribution in [2.24, 2.45) is 5.92 Å². The molecule has 1 N–H and O–H groups in total. The number of hydrogen-bond donors (Lipinski definition) is 1. The van der Waals surface area contributed by atoms with Crippen LogP contribution in [0.1, 0.15) is 30.5 Å². The van der Waals surface area contributed by atoms with Crippen LogP contribution in [0.3, 0.4) is 0 Å². The van der Waals surface area contributed by atoms with Gasteiger partial charge in [-0.2, -0.15) is 0 Å². The van der Waals surface area contributed by atoms with E-state index in [1.807, 2.05) is 49.4 Å². The van der Waals surface area contributed by atoms with Crippen molar-refractivity contribution in [2.75, 3.05) is 18.4 Å². The van der Waals surface area contributed by atoms with Gasteiger partial charge in [0.1, 0.15) is 15.8 Å². The summed E-state index contributed by atoms with van der Waals surface area (Å²) in [4.78, 5) is 33.3. The van der Waals surface area contributed by atoms with Crippen molar-refractivity contribution >= 4 is 51.7 Å². The fourth-order valence-corrected chi connectivity index (χ4v) is 4.88. The number of amides is 1. The molecular weight excluding hydrogens is 452 g/mol. The minimum atomic E-state index is -0.218. The van der Waals surface area contributed by atoms with E-state index in [0.29, 0.717) is 51.7 Å². The molecule has 33 heavy (non-hydrogen) atoms. The van der Waals surface area contributed by atoms with E-state index < -0.39 is 0 Å². The number of pyridine rings is 1. The molecule has 0 atom stereocenters. The van der Waals surface area contributed by atoms with Crippen molar-refractivity contribution in [1.29, 1.82) is 0 Å². The molecule has 0 unspecified atom stereocenters. The molecule has 1 fully saturated rings. The Morgan fingerprint density at radius 3 is 2.64 bits per heavy atom. The van der Waals surface area contributed by atoms with E-state index in [2.05, 4.69) is 19.2 Å². The third-order valence-electron chi connectivity index (χ3n) is 5.38. The number of hydrogen-bond acceptors (Lipinski definition) is 6. The highest BCUT2D eigenvalue weighted by molar-refractivity contribution is 8.26. The van der Waals surface area contributed by atoms with Crippen LogP contribution in [-0.2, 0) is 11.2 Å². The number of aromatic nitrogens is 2. The summed E-state index contributed by atoms with van der Waals surface area (Å²) in [6.45, 7) is 7.25. The Morgan fingerprint density at radius 1 is 1.15 bits per heavy atom. The molecule has 1 aliphatic rings. The Bertz CT molecular complexity index is 1300. The number of nitrogens with one attached hydrogen (secondary N) is 1. The highest BCUT2D eigenvalue weighted by atomic mass is 32.2. The van der Waals surface area contributed by atoms with E-state index >= 15 is 0 Å². The first-order valence-electron chi connectivity index (χ1n) is 10.9. The molecule has 6 nitrogen and oxygen atoms in total. The van der Waals surface area contributed by atoms with Gasteiger partial charge in [-0.15, -0.1) is 0 Å². The summed E-state index contributed by atoms with van der Waals surface area (Å²) in [5.41, 5.74) is 2.79. The standard InChI is InChI=1S/C25H26N4O2S2/c1-16(2)15-26-21-19(23(30)28-12-7-8-17(3)22(28)27-21)14-20-24(31)29(25(32)33-20)13-11-18-9-5-4-6-10-18/h4-10,12,14,16,26H,11,13,15H2,1-3H3/b20-14-. The number of carbonyl (C=O) groups is 1. The Labute approximate surface area is 202 Å². The summed E-state index contributed by atoms with van der Waals surface area (Å²) in [5, 5.41) is 3.29. The fourth-order valence-electron chi connectivity index (χ4n) is 3.59. The first-order valence-corrected chi connectivity index (χ1v) is 12.1. The Hall–Kier alpha value is -2.97. The van der Waals surface area contributed by atoms with Crippen LogP contribution in [0.5, 0.6) is 0 Å². The molecule has 1 aliphatic heterocycles. The largest absolute Gasteiger partial charge is 0.369 e. The molecule has 0 bridgehead atoms. The van der Waals surface area contributed by atoms with Crippen molar-refractivity contribution in [3.8, 4) is 0 Å². The number of rotatable bonds is 7. The predicted molar refractivity (Wildman–Crippen MR) is 140 cm³/mol. The Balaban J connectivity index is 1.69. The van der Waals surface area contributed by atoms with Gasteiger partial charge in [-0.3, -0.25) is 18.9 Å². The Kier molecular flexibility index (Phi) is 6.95. The van der Waals surface area contributed by atoms with E-state index in [1.54, 1.807) is 17.2 Å². The van der Waals surface area contributed by atoms with Gasteiger partial charge in [-0.05, 0) is 42.5 Å². The number of fused-ring (bicyclic) bond motifs is 1. The Morgan fingerprint density at radius 2 is 1.91 bits per heavy atom. The van der Waals surface area contributed by atoms with Gasteiger partial charge in [0.2, 0.25) is 0 Å². The van der Waals surface area contributed by atoms with Crippen LogP contribution in [0, 0.1) is 12.8 Å². The second-order valence-corrected chi connectivity index (χ2v) is 10.1. The third kappa shape index (κ3) is 5.02. The van der Waals surface area contributed by atoms with E-state index in [0.717, 1.165) is 11.1 Å². The highest BCUT2D eigenvalue weighted by Gasteiger charge is 2.32. The molecule has 8 heteroatoms. The minimum absolute atomic E-state index is 0.176. The van der Waals surface area contributed by atoms with Gasteiger partial charge in [0.15, 0.2) is 0 Å². The molecule has 2 aromatic heterocycles. The molecule has 170 valence electrons. The van der Waals surface area contributed by atoms with E-state index in [4.69, 9.17) is 17.2 Å². The predicted octanol–water partition coefficient (Wildman–Crippen LogP) is 4.51. The maximum absolute atomic E-state index is 13.4. The molecule has 1 amide bonds. The maximum atomic E-state index is 13.4. The van der Waals surface area contributed by atoms with Crippen LogP contribution in [0.4, 0.5) is 5.82 Å². The van der Waals surface area contributed by atoms with Gasteiger partial charge < -0.3 is 5.32 Å². The van der Waals surface area contributed by atoms with E-state index in [-0.39, 0.29) is 11.5 Å². The molecule has 0 spiro atoms. The summed E-state index contributed by atoms with van der Waals surface area (Å²) >= 11 is 6.71. The quantitative estimate of drug-likeness (QED) is 0.398. The van der Waals surface area contributed by atoms with Crippen LogP contribution in [-0.4, -0.2) is 37.6 Å². The van der Waals surface area contributed by atoms with Gasteiger partial charge in [0.05, 0.1) is 10.5 Å². The van der Waals surface area contributed by atoms with Gasteiger partial charge in [0, 0.05) is 19.3 Å². The lowest BCUT2D eigenvalue weighted by Gasteiger charge is -2.14. The van der Waals surface area contributed by atoms with Crippen molar-refractivity contribution in [3.05, 3.63) is 80.6 Å². The van der Waals surface area contributed by atoms with Crippen molar-refractivity contribution < 1.29 is 4.79 Å². The van der Waals surface area contributed by atoms with Crippen molar-refractivity contribution in [1.82, 2.24) is 14.3 Å². The van der Waals surface area contributed by atoms with Crippen molar-refractivity contribution in [3.63, 3.8) is 0 Å². The maximum Gasteiger partial charge on any atom is 0.267 e. The van der Waals surface area contributed by atoms with E-state index in [1.165, 1.54) is 16.2 Å². The molecular formula is C25H26N4O2S2. The number of aryl methyl sites for hydroxylation is 1. The number of benzene rings is 1. The zero-order valence-electron chi connectivity index (χ0n) is 18.9. The fraction of sp³-hybridized carbons (Fsp3) is 0.280.